The fraction of sp³-hybridized carbons (Fsp3) is 0.778. The van der Waals surface area contributed by atoms with Crippen molar-refractivity contribution in [1.29, 1.82) is 0 Å². The van der Waals surface area contributed by atoms with E-state index in [2.05, 4.69) is 22.4 Å². The lowest BCUT2D eigenvalue weighted by atomic mass is 9.89. The summed E-state index contributed by atoms with van der Waals surface area (Å²) in [6, 6.07) is 0. The van der Waals surface area contributed by atoms with E-state index >= 15 is 0 Å². The molecular formula is C9H15N3S2. The van der Waals surface area contributed by atoms with Gasteiger partial charge in [-0.15, -0.1) is 5.10 Å². The summed E-state index contributed by atoms with van der Waals surface area (Å²) >= 11 is 6.48. The number of anilines is 1. The van der Waals surface area contributed by atoms with Crippen molar-refractivity contribution in [3.8, 4) is 0 Å². The van der Waals surface area contributed by atoms with Gasteiger partial charge in [-0.1, -0.05) is 31.1 Å². The number of hydrogen-bond donors (Lipinski definition) is 2. The molecule has 1 aliphatic rings. The van der Waals surface area contributed by atoms with E-state index in [9.17, 15) is 0 Å². The molecule has 0 bridgehead atoms. The van der Waals surface area contributed by atoms with E-state index in [1.807, 2.05) is 0 Å². The van der Waals surface area contributed by atoms with Gasteiger partial charge in [0.25, 0.3) is 0 Å². The first kappa shape index (κ1) is 10.1. The maximum absolute atomic E-state index is 4.97. The van der Waals surface area contributed by atoms with Gasteiger partial charge >= 0.3 is 0 Å². The molecule has 1 fully saturated rings. The van der Waals surface area contributed by atoms with Gasteiger partial charge < -0.3 is 5.32 Å². The van der Waals surface area contributed by atoms with Crippen LogP contribution in [0.15, 0.2) is 0 Å². The molecule has 0 aromatic carbocycles. The molecule has 2 rings (SSSR count). The summed E-state index contributed by atoms with van der Waals surface area (Å²) in [6.07, 6.45) is 5.40. The highest BCUT2D eigenvalue weighted by Gasteiger charge is 2.28. The van der Waals surface area contributed by atoms with Gasteiger partial charge in [0.15, 0.2) is 3.95 Å². The monoisotopic (exact) mass is 229 g/mol. The Morgan fingerprint density at radius 2 is 2.29 bits per heavy atom. The van der Waals surface area contributed by atoms with Gasteiger partial charge in [0, 0.05) is 6.54 Å². The largest absolute Gasteiger partial charge is 0.360 e. The van der Waals surface area contributed by atoms with Crippen LogP contribution < -0.4 is 5.32 Å². The highest BCUT2D eigenvalue weighted by atomic mass is 32.1. The summed E-state index contributed by atoms with van der Waals surface area (Å²) in [5.74, 6) is 0. The van der Waals surface area contributed by atoms with E-state index in [1.165, 1.54) is 37.0 Å². The Balaban J connectivity index is 1.90. The molecule has 1 aromatic rings. The van der Waals surface area contributed by atoms with Crippen LogP contribution in [-0.2, 0) is 0 Å². The molecule has 0 spiro atoms. The Morgan fingerprint density at radius 3 is 2.86 bits per heavy atom. The van der Waals surface area contributed by atoms with E-state index in [0.29, 0.717) is 5.41 Å². The van der Waals surface area contributed by atoms with Crippen molar-refractivity contribution >= 4 is 28.7 Å². The second-order valence-corrected chi connectivity index (χ2v) is 5.96. The lowest BCUT2D eigenvalue weighted by molar-refractivity contribution is 0.362. The van der Waals surface area contributed by atoms with Gasteiger partial charge in [-0.05, 0) is 30.5 Å². The molecule has 0 aliphatic heterocycles. The van der Waals surface area contributed by atoms with Gasteiger partial charge in [-0.3, -0.25) is 5.10 Å². The maximum atomic E-state index is 4.97. The zero-order valence-corrected chi connectivity index (χ0v) is 9.93. The number of aromatic amines is 1. The Bertz CT molecular complexity index is 349. The zero-order chi connectivity index (χ0) is 10.0. The van der Waals surface area contributed by atoms with Crippen LogP contribution in [0.25, 0.3) is 0 Å². The van der Waals surface area contributed by atoms with Crippen LogP contribution in [0.2, 0.25) is 0 Å². The molecule has 3 nitrogen and oxygen atoms in total. The number of rotatable bonds is 3. The standard InChI is InChI=1S/C9H15N3S2/c1-9(4-2-3-5-9)6-10-7-11-12-8(13)14-7/h2-6H2,1H3,(H,10,11)(H,12,13). The average molecular weight is 229 g/mol. The summed E-state index contributed by atoms with van der Waals surface area (Å²) < 4.78 is 0.740. The molecule has 1 aliphatic carbocycles. The van der Waals surface area contributed by atoms with Crippen molar-refractivity contribution in [3.63, 3.8) is 0 Å². The average Bonchev–Trinajstić information content (AvgIpc) is 2.73. The molecule has 0 atom stereocenters. The minimum absolute atomic E-state index is 0.466. The van der Waals surface area contributed by atoms with E-state index < -0.39 is 0 Å². The fourth-order valence-electron chi connectivity index (χ4n) is 2.00. The second-order valence-electron chi connectivity index (χ2n) is 4.29. The van der Waals surface area contributed by atoms with E-state index in [1.54, 1.807) is 0 Å². The van der Waals surface area contributed by atoms with Crippen molar-refractivity contribution in [2.24, 2.45) is 5.41 Å². The SMILES string of the molecule is CC1(CNc2n[nH]c(=S)s2)CCCC1. The topological polar surface area (TPSA) is 40.7 Å². The third-order valence-electron chi connectivity index (χ3n) is 2.92. The van der Waals surface area contributed by atoms with Gasteiger partial charge in [0.2, 0.25) is 5.13 Å². The van der Waals surface area contributed by atoms with Crippen LogP contribution in [0.5, 0.6) is 0 Å². The lowest BCUT2D eigenvalue weighted by Crippen LogP contribution is -2.22. The van der Waals surface area contributed by atoms with Gasteiger partial charge in [0.1, 0.15) is 0 Å². The molecule has 0 radical (unpaired) electrons. The van der Waals surface area contributed by atoms with Crippen molar-refractivity contribution in [2.45, 2.75) is 32.6 Å². The molecule has 78 valence electrons. The molecule has 2 N–H and O–H groups in total. The number of H-pyrrole nitrogens is 1. The third kappa shape index (κ3) is 2.33. The van der Waals surface area contributed by atoms with Gasteiger partial charge in [-0.2, -0.15) is 0 Å². The summed E-state index contributed by atoms with van der Waals surface area (Å²) in [7, 11) is 0. The van der Waals surface area contributed by atoms with Crippen LogP contribution in [0.1, 0.15) is 32.6 Å². The van der Waals surface area contributed by atoms with E-state index in [4.69, 9.17) is 12.2 Å². The molecule has 0 amide bonds. The van der Waals surface area contributed by atoms with Crippen LogP contribution in [0, 0.1) is 9.37 Å². The quantitative estimate of drug-likeness (QED) is 0.782. The highest BCUT2D eigenvalue weighted by molar-refractivity contribution is 7.73. The molecule has 14 heavy (non-hydrogen) atoms. The van der Waals surface area contributed by atoms with Crippen LogP contribution in [0.3, 0.4) is 0 Å². The first-order chi connectivity index (χ1) is 6.68. The number of aromatic nitrogens is 2. The lowest BCUT2D eigenvalue weighted by Gasteiger charge is -2.23. The smallest absolute Gasteiger partial charge is 0.204 e. The summed E-state index contributed by atoms with van der Waals surface area (Å²) in [5, 5.41) is 11.1. The minimum Gasteiger partial charge on any atom is -0.360 e. The van der Waals surface area contributed by atoms with E-state index in [-0.39, 0.29) is 0 Å². The van der Waals surface area contributed by atoms with Crippen molar-refractivity contribution in [1.82, 2.24) is 10.2 Å². The molecule has 1 aromatic heterocycles. The molecule has 0 saturated heterocycles. The van der Waals surface area contributed by atoms with Crippen LogP contribution in [0.4, 0.5) is 5.13 Å². The Hall–Kier alpha value is -0.420. The molecule has 0 unspecified atom stereocenters. The maximum Gasteiger partial charge on any atom is 0.204 e. The van der Waals surface area contributed by atoms with Crippen molar-refractivity contribution < 1.29 is 0 Å². The molecule has 1 saturated carbocycles. The predicted octanol–water partition coefficient (Wildman–Crippen LogP) is 3.19. The minimum atomic E-state index is 0.466. The summed E-state index contributed by atoms with van der Waals surface area (Å²) in [4.78, 5) is 0. The van der Waals surface area contributed by atoms with Crippen molar-refractivity contribution in [2.75, 3.05) is 11.9 Å². The number of nitrogens with one attached hydrogen (secondary N) is 2. The van der Waals surface area contributed by atoms with Gasteiger partial charge in [0.05, 0.1) is 0 Å². The predicted molar refractivity (Wildman–Crippen MR) is 62.4 cm³/mol. The Labute approximate surface area is 92.9 Å². The fourth-order valence-corrected chi connectivity index (χ4v) is 2.78. The normalized spacial score (nSPS) is 19.8. The van der Waals surface area contributed by atoms with Crippen molar-refractivity contribution in [3.05, 3.63) is 3.95 Å². The Kier molecular flexibility index (Phi) is 2.88. The molecular weight excluding hydrogens is 214 g/mol. The molecule has 5 heteroatoms. The number of hydrogen-bond acceptors (Lipinski definition) is 4. The third-order valence-corrected chi connectivity index (χ3v) is 3.96. The first-order valence-corrected chi connectivity index (χ1v) is 6.20. The van der Waals surface area contributed by atoms with Crippen LogP contribution >= 0.6 is 23.6 Å². The van der Waals surface area contributed by atoms with E-state index in [0.717, 1.165) is 15.6 Å². The van der Waals surface area contributed by atoms with Crippen LogP contribution in [-0.4, -0.2) is 16.7 Å². The summed E-state index contributed by atoms with van der Waals surface area (Å²) in [6.45, 7) is 3.36. The Morgan fingerprint density at radius 1 is 1.57 bits per heavy atom. The second kappa shape index (κ2) is 3.98. The molecule has 1 heterocycles. The van der Waals surface area contributed by atoms with Gasteiger partial charge in [-0.25, -0.2) is 0 Å². The highest BCUT2D eigenvalue weighted by Crippen LogP contribution is 2.37. The zero-order valence-electron chi connectivity index (χ0n) is 8.30. The summed E-state index contributed by atoms with van der Waals surface area (Å²) in [5.41, 5.74) is 0.466. The number of nitrogens with zero attached hydrogens (tertiary/aromatic N) is 1. The first-order valence-electron chi connectivity index (χ1n) is 4.97.